The topological polar surface area (TPSA) is 72.9 Å². The van der Waals surface area contributed by atoms with E-state index in [-0.39, 0.29) is 24.0 Å². The lowest BCUT2D eigenvalue weighted by Gasteiger charge is -2.13. The van der Waals surface area contributed by atoms with E-state index in [9.17, 15) is 14.4 Å². The maximum absolute atomic E-state index is 12.7. The van der Waals surface area contributed by atoms with Gasteiger partial charge >= 0.3 is 5.97 Å². The van der Waals surface area contributed by atoms with Crippen LogP contribution < -0.4 is 4.74 Å². The Labute approximate surface area is 200 Å². The van der Waals surface area contributed by atoms with Gasteiger partial charge in [0.25, 0.3) is 11.1 Å². The van der Waals surface area contributed by atoms with Crippen LogP contribution in [0.4, 0.5) is 4.79 Å². The Balaban J connectivity index is 1.75. The first-order valence-corrected chi connectivity index (χ1v) is 11.4. The molecular weight excluding hydrogens is 473 g/mol. The van der Waals surface area contributed by atoms with Crippen LogP contribution in [0.2, 0.25) is 10.0 Å². The van der Waals surface area contributed by atoms with Gasteiger partial charge in [0.05, 0.1) is 11.5 Å². The lowest BCUT2D eigenvalue weighted by atomic mass is 10.1. The van der Waals surface area contributed by atoms with Crippen LogP contribution in [0.15, 0.2) is 47.4 Å². The zero-order valence-electron chi connectivity index (χ0n) is 17.5. The number of imide groups is 1. The van der Waals surface area contributed by atoms with E-state index >= 15 is 0 Å². The molecule has 9 heteroatoms. The highest BCUT2D eigenvalue weighted by atomic mass is 35.5. The number of nitrogens with zero attached hydrogens (tertiary/aromatic N) is 1. The molecule has 0 aliphatic carbocycles. The number of esters is 1. The Hall–Kier alpha value is -2.48. The summed E-state index contributed by atoms with van der Waals surface area (Å²) in [5.74, 6) is -0.558. The van der Waals surface area contributed by atoms with Crippen molar-refractivity contribution < 1.29 is 23.9 Å². The highest BCUT2D eigenvalue weighted by Gasteiger charge is 2.36. The number of carbonyl (C=O) groups excluding carboxylic acids is 3. The monoisotopic (exact) mass is 493 g/mol. The molecule has 32 heavy (non-hydrogen) atoms. The molecule has 1 aliphatic heterocycles. The van der Waals surface area contributed by atoms with E-state index in [1.807, 2.05) is 26.0 Å². The molecule has 1 fully saturated rings. The minimum absolute atomic E-state index is 0.155. The highest BCUT2D eigenvalue weighted by molar-refractivity contribution is 8.18. The van der Waals surface area contributed by atoms with Crippen molar-refractivity contribution in [3.05, 3.63) is 68.5 Å². The van der Waals surface area contributed by atoms with Crippen molar-refractivity contribution in [2.45, 2.75) is 20.5 Å². The zero-order chi connectivity index (χ0) is 23.3. The number of ether oxygens (including phenoxy) is 2. The summed E-state index contributed by atoms with van der Waals surface area (Å²) in [7, 11) is 0. The standard InChI is InChI=1S/C23H21Cl2NO5S/c1-14(2)12-31-21(27)11-26-22(28)20(32-23(26)29)10-16-9-18(25)6-7-19(16)30-13-15-4-3-5-17(24)8-15/h3-10,14H,11-13H2,1-2H3/b20-10+. The molecule has 2 aromatic carbocycles. The number of benzene rings is 2. The Kier molecular flexibility index (Phi) is 8.23. The van der Waals surface area contributed by atoms with Crippen LogP contribution in [0.1, 0.15) is 25.0 Å². The third kappa shape index (κ3) is 6.51. The normalized spacial score (nSPS) is 15.0. The fourth-order valence-electron chi connectivity index (χ4n) is 2.76. The quantitative estimate of drug-likeness (QED) is 0.341. The van der Waals surface area contributed by atoms with E-state index < -0.39 is 23.7 Å². The molecule has 0 aromatic heterocycles. The average Bonchev–Trinajstić information content (AvgIpc) is 2.99. The fourth-order valence-corrected chi connectivity index (χ4v) is 3.99. The Morgan fingerprint density at radius 1 is 1.12 bits per heavy atom. The zero-order valence-corrected chi connectivity index (χ0v) is 19.8. The van der Waals surface area contributed by atoms with Crippen molar-refractivity contribution >= 4 is 58.2 Å². The van der Waals surface area contributed by atoms with Gasteiger partial charge in [0, 0.05) is 15.6 Å². The van der Waals surface area contributed by atoms with Crippen molar-refractivity contribution in [1.82, 2.24) is 4.90 Å². The second-order valence-electron chi connectivity index (χ2n) is 7.45. The molecule has 1 heterocycles. The van der Waals surface area contributed by atoms with Crippen molar-refractivity contribution in [1.29, 1.82) is 0 Å². The predicted octanol–water partition coefficient (Wildman–Crippen LogP) is 5.81. The van der Waals surface area contributed by atoms with E-state index in [1.165, 1.54) is 6.08 Å². The summed E-state index contributed by atoms with van der Waals surface area (Å²) in [5, 5.41) is 0.511. The van der Waals surface area contributed by atoms with Crippen LogP contribution in [-0.2, 0) is 20.9 Å². The Bertz CT molecular complexity index is 1070. The number of hydrogen-bond donors (Lipinski definition) is 0. The maximum atomic E-state index is 12.7. The van der Waals surface area contributed by atoms with Crippen LogP contribution in [0.3, 0.4) is 0 Å². The van der Waals surface area contributed by atoms with E-state index in [2.05, 4.69) is 0 Å². The van der Waals surface area contributed by atoms with Gasteiger partial charge < -0.3 is 9.47 Å². The molecule has 2 aromatic rings. The Morgan fingerprint density at radius 3 is 2.59 bits per heavy atom. The van der Waals surface area contributed by atoms with Gasteiger partial charge in [-0.1, -0.05) is 49.2 Å². The molecule has 1 saturated heterocycles. The number of carbonyl (C=O) groups is 3. The summed E-state index contributed by atoms with van der Waals surface area (Å²) in [6.07, 6.45) is 1.53. The van der Waals surface area contributed by atoms with Gasteiger partial charge in [0.2, 0.25) is 0 Å². The average molecular weight is 494 g/mol. The third-order valence-corrected chi connectivity index (χ3v) is 5.66. The molecule has 0 spiro atoms. The number of halogens is 2. The van der Waals surface area contributed by atoms with Crippen molar-refractivity contribution in [3.8, 4) is 5.75 Å². The molecule has 168 valence electrons. The lowest BCUT2D eigenvalue weighted by Crippen LogP contribution is -2.34. The third-order valence-electron chi connectivity index (χ3n) is 4.28. The molecule has 0 N–H and O–H groups in total. The molecular formula is C23H21Cl2NO5S. The van der Waals surface area contributed by atoms with Gasteiger partial charge in [0.15, 0.2) is 0 Å². The van der Waals surface area contributed by atoms with Crippen molar-refractivity contribution in [3.63, 3.8) is 0 Å². The first kappa shape index (κ1) is 24.2. The molecule has 0 radical (unpaired) electrons. The molecule has 3 rings (SSSR count). The van der Waals surface area contributed by atoms with Gasteiger partial charge in [-0.3, -0.25) is 19.3 Å². The molecule has 6 nitrogen and oxygen atoms in total. The largest absolute Gasteiger partial charge is 0.488 e. The number of rotatable bonds is 8. The summed E-state index contributed by atoms with van der Waals surface area (Å²) < 4.78 is 11.0. The molecule has 1 aliphatic rings. The fraction of sp³-hybridized carbons (Fsp3) is 0.261. The summed E-state index contributed by atoms with van der Waals surface area (Å²) in [5.41, 5.74) is 1.41. The smallest absolute Gasteiger partial charge is 0.326 e. The number of thioether (sulfide) groups is 1. The maximum Gasteiger partial charge on any atom is 0.326 e. The van der Waals surface area contributed by atoms with Gasteiger partial charge in [-0.05, 0) is 59.7 Å². The molecule has 0 bridgehead atoms. The van der Waals surface area contributed by atoms with Crippen LogP contribution >= 0.6 is 35.0 Å². The summed E-state index contributed by atoms with van der Waals surface area (Å²) >= 11 is 12.9. The van der Waals surface area contributed by atoms with Crippen LogP contribution in [0.25, 0.3) is 6.08 Å². The van der Waals surface area contributed by atoms with E-state index in [0.717, 1.165) is 22.2 Å². The number of amides is 2. The lowest BCUT2D eigenvalue weighted by molar-refractivity contribution is -0.147. The van der Waals surface area contributed by atoms with Gasteiger partial charge in [-0.25, -0.2) is 0 Å². The summed E-state index contributed by atoms with van der Waals surface area (Å²) in [6.45, 7) is 3.84. The van der Waals surface area contributed by atoms with Gasteiger partial charge in [-0.2, -0.15) is 0 Å². The van der Waals surface area contributed by atoms with Crippen LogP contribution in [0, 0.1) is 5.92 Å². The van der Waals surface area contributed by atoms with E-state index in [0.29, 0.717) is 21.4 Å². The minimum atomic E-state index is -0.629. The van der Waals surface area contributed by atoms with E-state index in [4.69, 9.17) is 32.7 Å². The summed E-state index contributed by atoms with van der Waals surface area (Å²) in [6, 6.07) is 12.3. The number of hydrogen-bond acceptors (Lipinski definition) is 6. The van der Waals surface area contributed by atoms with E-state index in [1.54, 1.807) is 30.3 Å². The molecule has 0 atom stereocenters. The minimum Gasteiger partial charge on any atom is -0.488 e. The van der Waals surface area contributed by atoms with Crippen molar-refractivity contribution in [2.75, 3.05) is 13.2 Å². The molecule has 0 unspecified atom stereocenters. The first-order chi connectivity index (χ1) is 15.2. The van der Waals surface area contributed by atoms with Crippen LogP contribution in [-0.4, -0.2) is 35.2 Å². The highest BCUT2D eigenvalue weighted by Crippen LogP contribution is 2.35. The summed E-state index contributed by atoms with van der Waals surface area (Å²) in [4.78, 5) is 38.0. The SMILES string of the molecule is CC(C)COC(=O)CN1C(=O)S/C(=C/c2cc(Cl)ccc2OCc2cccc(Cl)c2)C1=O. The van der Waals surface area contributed by atoms with Gasteiger partial charge in [-0.15, -0.1) is 0 Å². The van der Waals surface area contributed by atoms with Crippen LogP contribution in [0.5, 0.6) is 5.75 Å². The second-order valence-corrected chi connectivity index (χ2v) is 9.31. The van der Waals surface area contributed by atoms with Crippen molar-refractivity contribution in [2.24, 2.45) is 5.92 Å². The second kappa shape index (κ2) is 10.9. The predicted molar refractivity (Wildman–Crippen MR) is 126 cm³/mol. The molecule has 2 amide bonds. The van der Waals surface area contributed by atoms with Gasteiger partial charge in [0.1, 0.15) is 18.9 Å². The Morgan fingerprint density at radius 2 is 1.88 bits per heavy atom. The molecule has 0 saturated carbocycles. The first-order valence-electron chi connectivity index (χ1n) is 9.80.